The molecule has 84 valence electrons. The average Bonchev–Trinajstić information content (AvgIpc) is 2.49. The van der Waals surface area contributed by atoms with Crippen molar-refractivity contribution >= 4 is 11.1 Å². The first-order valence-corrected chi connectivity index (χ1v) is 6.06. The van der Waals surface area contributed by atoms with Crippen molar-refractivity contribution in [2.45, 2.75) is 0 Å². The summed E-state index contributed by atoms with van der Waals surface area (Å²) >= 11 is 0. The van der Waals surface area contributed by atoms with Crippen LogP contribution in [0.4, 0.5) is 0 Å². The van der Waals surface area contributed by atoms with Crippen LogP contribution in [0, 0.1) is 6.08 Å². The fraction of sp³-hybridized carbons (Fsp3) is 0. The van der Waals surface area contributed by atoms with Crippen molar-refractivity contribution < 1.29 is 0 Å². The van der Waals surface area contributed by atoms with Gasteiger partial charge in [-0.25, -0.2) is 0 Å². The molecule has 2 aromatic rings. The van der Waals surface area contributed by atoms with Gasteiger partial charge in [0.15, 0.2) is 5.57 Å². The maximum Gasteiger partial charge on any atom is 0.155 e. The fourth-order valence-corrected chi connectivity index (χ4v) is 2.06. The number of benzene rings is 2. The summed E-state index contributed by atoms with van der Waals surface area (Å²) in [7, 11) is 0. The standard InChI is InChI=1S/C18H13/c1-3-8-15(9-4-1)17-12-7-13-18(14-17)16-10-5-2-6-11-16/h1-12,14H/q+1. The molecule has 0 nitrogen and oxygen atoms in total. The second-order valence-corrected chi connectivity index (χ2v) is 4.22. The maximum atomic E-state index is 3.29. The van der Waals surface area contributed by atoms with E-state index in [2.05, 4.69) is 66.8 Å². The predicted octanol–water partition coefficient (Wildman–Crippen LogP) is 4.53. The van der Waals surface area contributed by atoms with Crippen LogP contribution in [-0.2, 0) is 0 Å². The van der Waals surface area contributed by atoms with Gasteiger partial charge in [-0.1, -0.05) is 48.5 Å². The third-order valence-corrected chi connectivity index (χ3v) is 2.99. The molecule has 0 saturated carbocycles. The van der Waals surface area contributed by atoms with Crippen LogP contribution in [0.2, 0.25) is 0 Å². The summed E-state index contributed by atoms with van der Waals surface area (Å²) in [6.07, 6.45) is 9.57. The molecule has 18 heavy (non-hydrogen) atoms. The molecule has 0 atom stereocenters. The smallest absolute Gasteiger partial charge is 0.0622 e. The highest BCUT2D eigenvalue weighted by atomic mass is 14.1. The summed E-state index contributed by atoms with van der Waals surface area (Å²) in [4.78, 5) is 0. The zero-order valence-corrected chi connectivity index (χ0v) is 10.0. The van der Waals surface area contributed by atoms with Crippen molar-refractivity contribution in [2.24, 2.45) is 0 Å². The molecule has 0 amide bonds. The van der Waals surface area contributed by atoms with Crippen molar-refractivity contribution in [1.29, 1.82) is 0 Å². The first-order valence-electron chi connectivity index (χ1n) is 6.06. The number of allylic oxidation sites excluding steroid dienone is 6. The first-order chi connectivity index (χ1) is 8.93. The summed E-state index contributed by atoms with van der Waals surface area (Å²) < 4.78 is 0. The molecule has 0 saturated heterocycles. The molecule has 1 aliphatic rings. The minimum absolute atomic E-state index is 1.14. The molecule has 0 aromatic heterocycles. The van der Waals surface area contributed by atoms with Crippen molar-refractivity contribution in [3.05, 3.63) is 96.1 Å². The minimum atomic E-state index is 1.14. The van der Waals surface area contributed by atoms with Gasteiger partial charge in [-0.2, -0.15) is 0 Å². The first kappa shape index (κ1) is 10.7. The van der Waals surface area contributed by atoms with Gasteiger partial charge >= 0.3 is 0 Å². The van der Waals surface area contributed by atoms with E-state index >= 15 is 0 Å². The molecular formula is C18H13+. The van der Waals surface area contributed by atoms with E-state index in [0.29, 0.717) is 0 Å². The summed E-state index contributed by atoms with van der Waals surface area (Å²) in [6, 6.07) is 20.8. The van der Waals surface area contributed by atoms with Gasteiger partial charge in [0.25, 0.3) is 0 Å². The molecule has 0 spiro atoms. The number of hydrogen-bond acceptors (Lipinski definition) is 0. The number of hydrogen-bond donors (Lipinski definition) is 0. The third kappa shape index (κ3) is 2.15. The Morgan fingerprint density at radius 1 is 0.667 bits per heavy atom. The summed E-state index contributed by atoms with van der Waals surface area (Å²) in [5.41, 5.74) is 4.81. The summed E-state index contributed by atoms with van der Waals surface area (Å²) in [5, 5.41) is 0. The molecular weight excluding hydrogens is 216 g/mol. The van der Waals surface area contributed by atoms with E-state index in [1.54, 1.807) is 0 Å². The average molecular weight is 229 g/mol. The Bertz CT molecular complexity index is 573. The van der Waals surface area contributed by atoms with Gasteiger partial charge in [0.2, 0.25) is 0 Å². The molecule has 3 rings (SSSR count). The lowest BCUT2D eigenvalue weighted by molar-refractivity contribution is 1.57. The highest BCUT2D eigenvalue weighted by Crippen LogP contribution is 2.26. The molecule has 0 radical (unpaired) electrons. The van der Waals surface area contributed by atoms with E-state index in [4.69, 9.17) is 0 Å². The van der Waals surface area contributed by atoms with Crippen LogP contribution in [0.1, 0.15) is 11.1 Å². The quantitative estimate of drug-likeness (QED) is 0.664. The van der Waals surface area contributed by atoms with E-state index in [0.717, 1.165) is 5.57 Å². The van der Waals surface area contributed by atoms with Gasteiger partial charge in [0.05, 0.1) is 17.2 Å². The molecule has 2 aromatic carbocycles. The van der Waals surface area contributed by atoms with E-state index in [1.807, 2.05) is 18.2 Å². The molecule has 0 unspecified atom stereocenters. The normalized spacial score (nSPS) is 13.6. The Hall–Kier alpha value is -2.43. The minimum Gasteiger partial charge on any atom is -0.0622 e. The van der Waals surface area contributed by atoms with Gasteiger partial charge in [0.1, 0.15) is 0 Å². The van der Waals surface area contributed by atoms with E-state index < -0.39 is 0 Å². The van der Waals surface area contributed by atoms with Crippen LogP contribution in [0.3, 0.4) is 0 Å². The Kier molecular flexibility index (Phi) is 2.87. The van der Waals surface area contributed by atoms with Gasteiger partial charge < -0.3 is 0 Å². The van der Waals surface area contributed by atoms with Gasteiger partial charge in [-0.15, -0.1) is 0 Å². The highest BCUT2D eigenvalue weighted by molar-refractivity contribution is 5.89. The molecule has 0 bridgehead atoms. The summed E-state index contributed by atoms with van der Waals surface area (Å²) in [6.45, 7) is 0. The van der Waals surface area contributed by atoms with Crippen molar-refractivity contribution in [2.75, 3.05) is 0 Å². The third-order valence-electron chi connectivity index (χ3n) is 2.99. The van der Waals surface area contributed by atoms with Crippen LogP contribution in [-0.4, -0.2) is 0 Å². The second-order valence-electron chi connectivity index (χ2n) is 4.22. The van der Waals surface area contributed by atoms with Crippen molar-refractivity contribution in [3.63, 3.8) is 0 Å². The van der Waals surface area contributed by atoms with E-state index in [9.17, 15) is 0 Å². The fourth-order valence-electron chi connectivity index (χ4n) is 2.06. The van der Waals surface area contributed by atoms with Crippen molar-refractivity contribution in [1.82, 2.24) is 0 Å². The Labute approximate surface area is 108 Å². The Balaban J connectivity index is 1.99. The zero-order chi connectivity index (χ0) is 12.2. The largest absolute Gasteiger partial charge is 0.155 e. The second kappa shape index (κ2) is 4.83. The molecule has 0 fully saturated rings. The maximum absolute atomic E-state index is 3.29. The van der Waals surface area contributed by atoms with Crippen LogP contribution < -0.4 is 0 Å². The molecule has 0 heteroatoms. The van der Waals surface area contributed by atoms with Crippen molar-refractivity contribution in [3.8, 4) is 0 Å². The molecule has 0 heterocycles. The Morgan fingerprint density at radius 2 is 1.28 bits per heavy atom. The van der Waals surface area contributed by atoms with E-state index in [1.165, 1.54) is 16.7 Å². The Morgan fingerprint density at radius 3 is 1.94 bits per heavy atom. The predicted molar refractivity (Wildman–Crippen MR) is 76.7 cm³/mol. The van der Waals surface area contributed by atoms with Crippen LogP contribution in [0.5, 0.6) is 0 Å². The van der Waals surface area contributed by atoms with Gasteiger partial charge in [0, 0.05) is 23.8 Å². The van der Waals surface area contributed by atoms with Gasteiger partial charge in [-0.05, 0) is 12.1 Å². The van der Waals surface area contributed by atoms with Crippen LogP contribution >= 0.6 is 0 Å². The topological polar surface area (TPSA) is 0 Å². The van der Waals surface area contributed by atoms with Gasteiger partial charge in [-0.3, -0.25) is 0 Å². The molecule has 0 aliphatic heterocycles. The van der Waals surface area contributed by atoms with Crippen LogP contribution in [0.25, 0.3) is 11.1 Å². The molecule has 0 N–H and O–H groups in total. The molecule has 1 aliphatic carbocycles. The SMILES string of the molecule is [C+]1=C(c2ccccc2)C=C(c2ccccc2)C=C1. The monoisotopic (exact) mass is 229 g/mol. The van der Waals surface area contributed by atoms with Crippen LogP contribution in [0.15, 0.2) is 78.9 Å². The lowest BCUT2D eigenvalue weighted by atomic mass is 9.95. The lowest BCUT2D eigenvalue weighted by Gasteiger charge is -2.02. The highest BCUT2D eigenvalue weighted by Gasteiger charge is 2.13. The van der Waals surface area contributed by atoms with E-state index in [-0.39, 0.29) is 0 Å². The number of rotatable bonds is 2. The summed E-state index contributed by atoms with van der Waals surface area (Å²) in [5.74, 6) is 0. The zero-order valence-electron chi connectivity index (χ0n) is 10.0. The lowest BCUT2D eigenvalue weighted by Crippen LogP contribution is -1.88.